The minimum Gasteiger partial charge on any atom is -0.469 e. The standard InChI is InChI=1S/C19H26O4/c1-3-17-23-19(21)16-14-12-10-8-6-4-5-7-9-11-13-15-18(20)22-2/h3,6,8-12,14,16H,1,4-5,7,13,15,17H2,2H3/b8-6+,11-9+,12-10+,16-14-. The molecule has 0 amide bonds. The van der Waals surface area contributed by atoms with Crippen molar-refractivity contribution in [2.75, 3.05) is 13.7 Å². The fraction of sp³-hybridized carbons (Fsp3) is 0.368. The summed E-state index contributed by atoms with van der Waals surface area (Å²) in [5, 5.41) is 0. The first-order valence-electron chi connectivity index (χ1n) is 7.70. The molecule has 0 atom stereocenters. The Morgan fingerprint density at radius 1 is 0.957 bits per heavy atom. The van der Waals surface area contributed by atoms with Crippen LogP contribution < -0.4 is 0 Å². The smallest absolute Gasteiger partial charge is 0.331 e. The zero-order chi connectivity index (χ0) is 17.2. The van der Waals surface area contributed by atoms with Gasteiger partial charge in [0.1, 0.15) is 6.61 Å². The average molecular weight is 318 g/mol. The van der Waals surface area contributed by atoms with Crippen molar-refractivity contribution in [3.8, 4) is 0 Å². The van der Waals surface area contributed by atoms with Crippen LogP contribution in [-0.4, -0.2) is 25.7 Å². The van der Waals surface area contributed by atoms with Crippen molar-refractivity contribution in [2.24, 2.45) is 0 Å². The molecule has 0 aliphatic rings. The molecular formula is C19H26O4. The third-order valence-electron chi connectivity index (χ3n) is 2.70. The van der Waals surface area contributed by atoms with E-state index in [0.29, 0.717) is 6.42 Å². The third-order valence-corrected chi connectivity index (χ3v) is 2.70. The Labute approximate surface area is 138 Å². The molecule has 0 aromatic heterocycles. The summed E-state index contributed by atoms with van der Waals surface area (Å²) in [5.41, 5.74) is 0. The van der Waals surface area contributed by atoms with Crippen LogP contribution in [0, 0.1) is 0 Å². The van der Waals surface area contributed by atoms with E-state index in [4.69, 9.17) is 4.74 Å². The third kappa shape index (κ3) is 15.8. The largest absolute Gasteiger partial charge is 0.469 e. The zero-order valence-corrected chi connectivity index (χ0v) is 13.8. The Balaban J connectivity index is 3.60. The second-order valence-corrected chi connectivity index (χ2v) is 4.61. The molecule has 0 radical (unpaired) electrons. The van der Waals surface area contributed by atoms with E-state index in [1.807, 2.05) is 18.2 Å². The molecule has 0 heterocycles. The topological polar surface area (TPSA) is 52.6 Å². The van der Waals surface area contributed by atoms with Crippen LogP contribution in [0.4, 0.5) is 0 Å². The summed E-state index contributed by atoms with van der Waals surface area (Å²) in [4.78, 5) is 22.0. The van der Waals surface area contributed by atoms with Gasteiger partial charge >= 0.3 is 11.9 Å². The molecule has 0 rings (SSSR count). The highest BCUT2D eigenvalue weighted by molar-refractivity contribution is 5.82. The number of unbranched alkanes of at least 4 members (excludes halogenated alkanes) is 2. The summed E-state index contributed by atoms with van der Waals surface area (Å²) in [6.45, 7) is 3.69. The first kappa shape index (κ1) is 20.6. The molecule has 0 saturated heterocycles. The van der Waals surface area contributed by atoms with Gasteiger partial charge in [-0.25, -0.2) is 4.79 Å². The van der Waals surface area contributed by atoms with Crippen molar-refractivity contribution < 1.29 is 19.1 Å². The number of carbonyl (C=O) groups is 2. The molecule has 0 aliphatic carbocycles. The first-order valence-corrected chi connectivity index (χ1v) is 7.70. The van der Waals surface area contributed by atoms with Crippen molar-refractivity contribution in [3.05, 3.63) is 61.3 Å². The van der Waals surface area contributed by atoms with Gasteiger partial charge in [0.2, 0.25) is 0 Å². The van der Waals surface area contributed by atoms with Crippen LogP contribution in [0.1, 0.15) is 32.1 Å². The monoisotopic (exact) mass is 318 g/mol. The predicted octanol–water partition coefficient (Wildman–Crippen LogP) is 4.06. The van der Waals surface area contributed by atoms with Crippen molar-refractivity contribution in [2.45, 2.75) is 32.1 Å². The van der Waals surface area contributed by atoms with Crippen LogP contribution in [0.25, 0.3) is 0 Å². The van der Waals surface area contributed by atoms with E-state index in [-0.39, 0.29) is 18.5 Å². The molecule has 0 N–H and O–H groups in total. The Morgan fingerprint density at radius 2 is 1.65 bits per heavy atom. The minimum absolute atomic E-state index is 0.174. The van der Waals surface area contributed by atoms with Crippen LogP contribution >= 0.6 is 0 Å². The van der Waals surface area contributed by atoms with Gasteiger partial charge in [-0.15, -0.1) is 0 Å². The second kappa shape index (κ2) is 16.0. The summed E-state index contributed by atoms with van der Waals surface area (Å²) in [7, 11) is 1.40. The number of ether oxygens (including phenoxy) is 2. The lowest BCUT2D eigenvalue weighted by Crippen LogP contribution is -1.99. The second-order valence-electron chi connectivity index (χ2n) is 4.61. The maximum Gasteiger partial charge on any atom is 0.331 e. The van der Waals surface area contributed by atoms with Gasteiger partial charge in [-0.3, -0.25) is 4.79 Å². The lowest BCUT2D eigenvalue weighted by molar-refractivity contribution is -0.140. The lowest BCUT2D eigenvalue weighted by Gasteiger charge is -1.94. The molecule has 0 saturated carbocycles. The quantitative estimate of drug-likeness (QED) is 0.179. The summed E-state index contributed by atoms with van der Waals surface area (Å²) < 4.78 is 9.34. The molecule has 0 aliphatic heterocycles. The number of hydrogen-bond donors (Lipinski definition) is 0. The fourth-order valence-corrected chi connectivity index (χ4v) is 1.52. The molecule has 0 aromatic rings. The molecule has 0 aromatic carbocycles. The molecule has 4 nitrogen and oxygen atoms in total. The fourth-order valence-electron chi connectivity index (χ4n) is 1.52. The number of hydrogen-bond acceptors (Lipinski definition) is 4. The van der Waals surface area contributed by atoms with E-state index in [1.54, 1.807) is 12.2 Å². The van der Waals surface area contributed by atoms with Crippen LogP contribution in [0.2, 0.25) is 0 Å². The highest BCUT2D eigenvalue weighted by Crippen LogP contribution is 2.00. The molecule has 4 heteroatoms. The number of methoxy groups -OCH3 is 1. The molecular weight excluding hydrogens is 292 g/mol. The average Bonchev–Trinajstić information content (AvgIpc) is 2.56. The first-order chi connectivity index (χ1) is 11.2. The summed E-state index contributed by atoms with van der Waals surface area (Å²) in [6.07, 6.45) is 20.5. The normalized spacial score (nSPS) is 11.7. The Kier molecular flexibility index (Phi) is 14.4. The molecule has 0 unspecified atom stereocenters. The lowest BCUT2D eigenvalue weighted by atomic mass is 10.2. The Morgan fingerprint density at radius 3 is 2.39 bits per heavy atom. The van der Waals surface area contributed by atoms with Crippen molar-refractivity contribution in [1.29, 1.82) is 0 Å². The van der Waals surface area contributed by atoms with Gasteiger partial charge < -0.3 is 9.47 Å². The van der Waals surface area contributed by atoms with Gasteiger partial charge in [0.05, 0.1) is 7.11 Å². The van der Waals surface area contributed by atoms with Gasteiger partial charge in [0.15, 0.2) is 0 Å². The maximum absolute atomic E-state index is 11.1. The minimum atomic E-state index is -0.377. The van der Waals surface area contributed by atoms with Crippen molar-refractivity contribution in [1.82, 2.24) is 0 Å². The van der Waals surface area contributed by atoms with Gasteiger partial charge in [-0.05, 0) is 25.7 Å². The van der Waals surface area contributed by atoms with Crippen LogP contribution in [0.5, 0.6) is 0 Å². The highest BCUT2D eigenvalue weighted by Gasteiger charge is 1.95. The Hall–Kier alpha value is -2.36. The van der Waals surface area contributed by atoms with Crippen LogP contribution in [-0.2, 0) is 19.1 Å². The van der Waals surface area contributed by atoms with Gasteiger partial charge in [0.25, 0.3) is 0 Å². The van der Waals surface area contributed by atoms with Gasteiger partial charge in [-0.1, -0.05) is 55.2 Å². The number of esters is 2. The predicted molar refractivity (Wildman–Crippen MR) is 92.8 cm³/mol. The molecule has 23 heavy (non-hydrogen) atoms. The number of rotatable bonds is 12. The van der Waals surface area contributed by atoms with E-state index in [2.05, 4.69) is 23.5 Å². The van der Waals surface area contributed by atoms with E-state index in [0.717, 1.165) is 25.7 Å². The van der Waals surface area contributed by atoms with Crippen LogP contribution in [0.15, 0.2) is 61.3 Å². The molecule has 0 bridgehead atoms. The van der Waals surface area contributed by atoms with E-state index < -0.39 is 0 Å². The molecule has 0 spiro atoms. The highest BCUT2D eigenvalue weighted by atomic mass is 16.5. The van der Waals surface area contributed by atoms with E-state index in [1.165, 1.54) is 19.3 Å². The maximum atomic E-state index is 11.1. The Bertz CT molecular complexity index is 456. The van der Waals surface area contributed by atoms with Gasteiger partial charge in [0, 0.05) is 12.5 Å². The summed E-state index contributed by atoms with van der Waals surface area (Å²) in [5.74, 6) is -0.551. The van der Waals surface area contributed by atoms with Crippen LogP contribution in [0.3, 0.4) is 0 Å². The van der Waals surface area contributed by atoms with Crippen molar-refractivity contribution in [3.63, 3.8) is 0 Å². The molecule has 0 fully saturated rings. The van der Waals surface area contributed by atoms with E-state index >= 15 is 0 Å². The van der Waals surface area contributed by atoms with E-state index in [9.17, 15) is 9.59 Å². The molecule has 126 valence electrons. The number of allylic oxidation sites excluding steroid dienone is 7. The van der Waals surface area contributed by atoms with Gasteiger partial charge in [-0.2, -0.15) is 0 Å². The summed E-state index contributed by atoms with van der Waals surface area (Å²) in [6, 6.07) is 0. The zero-order valence-electron chi connectivity index (χ0n) is 13.8. The van der Waals surface area contributed by atoms with Crippen molar-refractivity contribution >= 4 is 11.9 Å². The summed E-state index contributed by atoms with van der Waals surface area (Å²) >= 11 is 0. The number of carbonyl (C=O) groups excluding carboxylic acids is 2. The SMILES string of the molecule is C=CCOC(=O)\C=C/C=C/C=C/CCC/C=C/CCC(=O)OC.